The van der Waals surface area contributed by atoms with E-state index < -0.39 is 0 Å². The average molecular weight is 185 g/mol. The molecule has 0 N–H and O–H groups in total. The van der Waals surface area contributed by atoms with Crippen LogP contribution in [0.2, 0.25) is 0 Å². The molecule has 0 amide bonds. The van der Waals surface area contributed by atoms with E-state index in [0.717, 1.165) is 25.7 Å². The second-order valence-corrected chi connectivity index (χ2v) is 4.28. The number of rotatable bonds is 4. The predicted molar refractivity (Wildman–Crippen MR) is 55.9 cm³/mol. The van der Waals surface area contributed by atoms with Gasteiger partial charge in [0, 0.05) is 12.6 Å². The summed E-state index contributed by atoms with van der Waals surface area (Å²) < 4.78 is 5.51. The highest BCUT2D eigenvalue weighted by molar-refractivity contribution is 4.77. The van der Waals surface area contributed by atoms with Gasteiger partial charge >= 0.3 is 0 Å². The first-order chi connectivity index (χ1) is 6.25. The first kappa shape index (κ1) is 11.0. The largest absolute Gasteiger partial charge is 0.378 e. The highest BCUT2D eigenvalue weighted by Crippen LogP contribution is 2.15. The molecule has 0 aliphatic carbocycles. The quantitative estimate of drug-likeness (QED) is 0.665. The molecule has 1 aliphatic heterocycles. The molecule has 1 rings (SSSR count). The van der Waals surface area contributed by atoms with Crippen molar-refractivity contribution in [1.82, 2.24) is 4.90 Å². The van der Waals surface area contributed by atoms with Crippen LogP contribution in [-0.4, -0.2) is 37.2 Å². The monoisotopic (exact) mass is 185 g/mol. The molecule has 78 valence electrons. The van der Waals surface area contributed by atoms with Crippen molar-refractivity contribution >= 4 is 0 Å². The van der Waals surface area contributed by atoms with Gasteiger partial charge in [-0.25, -0.2) is 0 Å². The molecule has 0 aromatic heterocycles. The van der Waals surface area contributed by atoms with E-state index in [-0.39, 0.29) is 0 Å². The summed E-state index contributed by atoms with van der Waals surface area (Å²) >= 11 is 0. The Morgan fingerprint density at radius 3 is 2.85 bits per heavy atom. The molecule has 0 aromatic carbocycles. The molecular formula is C11H23NO. The minimum atomic E-state index is 0.653. The Hall–Kier alpha value is -0.0800. The molecule has 1 atom stereocenters. The highest BCUT2D eigenvalue weighted by Gasteiger charge is 2.24. The van der Waals surface area contributed by atoms with Crippen molar-refractivity contribution in [2.75, 3.05) is 26.3 Å². The van der Waals surface area contributed by atoms with Crippen LogP contribution in [-0.2, 0) is 4.74 Å². The standard InChI is InChI=1S/C11H23NO/c1-4-5-6-12-7-8-13-9-11(12)10(2)3/h10-11H,4-9H2,1-3H3. The lowest BCUT2D eigenvalue weighted by Crippen LogP contribution is -2.48. The Morgan fingerprint density at radius 2 is 2.23 bits per heavy atom. The van der Waals surface area contributed by atoms with Crippen LogP contribution in [0.15, 0.2) is 0 Å². The summed E-state index contributed by atoms with van der Waals surface area (Å²) in [6, 6.07) is 0.653. The van der Waals surface area contributed by atoms with Crippen LogP contribution in [0.4, 0.5) is 0 Å². The Balaban J connectivity index is 2.37. The molecule has 0 aromatic rings. The zero-order valence-electron chi connectivity index (χ0n) is 9.25. The Morgan fingerprint density at radius 1 is 1.46 bits per heavy atom. The summed E-state index contributed by atoms with van der Waals surface area (Å²) in [4.78, 5) is 2.59. The van der Waals surface area contributed by atoms with Gasteiger partial charge in [0.2, 0.25) is 0 Å². The Kier molecular flexibility index (Phi) is 4.74. The Bertz CT molecular complexity index is 136. The first-order valence-corrected chi connectivity index (χ1v) is 5.57. The van der Waals surface area contributed by atoms with Crippen molar-refractivity contribution in [3.8, 4) is 0 Å². The molecule has 13 heavy (non-hydrogen) atoms. The minimum absolute atomic E-state index is 0.653. The van der Waals surface area contributed by atoms with Crippen LogP contribution >= 0.6 is 0 Å². The van der Waals surface area contributed by atoms with Crippen LogP contribution in [0.1, 0.15) is 33.6 Å². The van der Waals surface area contributed by atoms with Crippen molar-refractivity contribution in [2.45, 2.75) is 39.7 Å². The average Bonchev–Trinajstić information content (AvgIpc) is 2.15. The molecule has 2 heteroatoms. The maximum Gasteiger partial charge on any atom is 0.0624 e. The second kappa shape index (κ2) is 5.61. The van der Waals surface area contributed by atoms with Gasteiger partial charge in [0.25, 0.3) is 0 Å². The summed E-state index contributed by atoms with van der Waals surface area (Å²) in [6.45, 7) is 11.1. The van der Waals surface area contributed by atoms with E-state index in [0.29, 0.717) is 6.04 Å². The molecular weight excluding hydrogens is 162 g/mol. The molecule has 0 radical (unpaired) electrons. The fourth-order valence-corrected chi connectivity index (χ4v) is 1.91. The third-order valence-corrected chi connectivity index (χ3v) is 2.85. The highest BCUT2D eigenvalue weighted by atomic mass is 16.5. The molecule has 0 spiro atoms. The Labute approximate surface area is 82.3 Å². The summed E-state index contributed by atoms with van der Waals surface area (Å²) in [5, 5.41) is 0. The third kappa shape index (κ3) is 3.28. The summed E-state index contributed by atoms with van der Waals surface area (Å²) in [5.41, 5.74) is 0. The molecule has 1 saturated heterocycles. The summed E-state index contributed by atoms with van der Waals surface area (Å²) in [6.07, 6.45) is 2.62. The van der Waals surface area contributed by atoms with Gasteiger partial charge in [-0.15, -0.1) is 0 Å². The van der Waals surface area contributed by atoms with E-state index >= 15 is 0 Å². The number of hydrogen-bond acceptors (Lipinski definition) is 2. The smallest absolute Gasteiger partial charge is 0.0624 e. The second-order valence-electron chi connectivity index (χ2n) is 4.28. The van der Waals surface area contributed by atoms with E-state index in [1.54, 1.807) is 0 Å². The zero-order chi connectivity index (χ0) is 9.68. The van der Waals surface area contributed by atoms with Crippen LogP contribution in [0.3, 0.4) is 0 Å². The number of hydrogen-bond donors (Lipinski definition) is 0. The number of morpholine rings is 1. The number of nitrogens with zero attached hydrogens (tertiary/aromatic N) is 1. The fraction of sp³-hybridized carbons (Fsp3) is 1.00. The zero-order valence-corrected chi connectivity index (χ0v) is 9.25. The molecule has 2 nitrogen and oxygen atoms in total. The van der Waals surface area contributed by atoms with Crippen molar-refractivity contribution in [1.29, 1.82) is 0 Å². The van der Waals surface area contributed by atoms with E-state index in [4.69, 9.17) is 4.74 Å². The molecule has 1 heterocycles. The van der Waals surface area contributed by atoms with Crippen molar-refractivity contribution in [3.05, 3.63) is 0 Å². The van der Waals surface area contributed by atoms with Gasteiger partial charge in [-0.3, -0.25) is 4.90 Å². The number of ether oxygens (including phenoxy) is 1. The van der Waals surface area contributed by atoms with Gasteiger partial charge in [0.05, 0.1) is 13.2 Å². The van der Waals surface area contributed by atoms with Gasteiger partial charge in [0.15, 0.2) is 0 Å². The lowest BCUT2D eigenvalue weighted by atomic mass is 10.0. The van der Waals surface area contributed by atoms with E-state index in [1.165, 1.54) is 19.4 Å². The first-order valence-electron chi connectivity index (χ1n) is 5.57. The minimum Gasteiger partial charge on any atom is -0.378 e. The van der Waals surface area contributed by atoms with E-state index in [9.17, 15) is 0 Å². The maximum absolute atomic E-state index is 5.51. The van der Waals surface area contributed by atoms with Crippen LogP contribution in [0.5, 0.6) is 0 Å². The normalized spacial score (nSPS) is 25.4. The van der Waals surface area contributed by atoms with Crippen LogP contribution in [0, 0.1) is 5.92 Å². The number of unbranched alkanes of at least 4 members (excludes halogenated alkanes) is 1. The summed E-state index contributed by atoms with van der Waals surface area (Å²) in [5.74, 6) is 0.720. The fourth-order valence-electron chi connectivity index (χ4n) is 1.91. The van der Waals surface area contributed by atoms with Crippen molar-refractivity contribution < 1.29 is 4.74 Å². The van der Waals surface area contributed by atoms with Gasteiger partial charge in [0.1, 0.15) is 0 Å². The summed E-state index contributed by atoms with van der Waals surface area (Å²) in [7, 11) is 0. The maximum atomic E-state index is 5.51. The predicted octanol–water partition coefficient (Wildman–Crippen LogP) is 2.14. The van der Waals surface area contributed by atoms with E-state index in [1.807, 2.05) is 0 Å². The molecule has 0 bridgehead atoms. The lowest BCUT2D eigenvalue weighted by molar-refractivity contribution is -0.0247. The molecule has 1 unspecified atom stereocenters. The lowest BCUT2D eigenvalue weighted by Gasteiger charge is -2.37. The molecule has 0 saturated carbocycles. The SMILES string of the molecule is CCCCN1CCOCC1C(C)C. The topological polar surface area (TPSA) is 12.5 Å². The van der Waals surface area contributed by atoms with Gasteiger partial charge in [-0.05, 0) is 18.9 Å². The van der Waals surface area contributed by atoms with Crippen molar-refractivity contribution in [2.24, 2.45) is 5.92 Å². The van der Waals surface area contributed by atoms with Crippen molar-refractivity contribution in [3.63, 3.8) is 0 Å². The molecule has 1 fully saturated rings. The molecule has 1 aliphatic rings. The van der Waals surface area contributed by atoms with Crippen LogP contribution < -0.4 is 0 Å². The van der Waals surface area contributed by atoms with Gasteiger partial charge in [-0.1, -0.05) is 27.2 Å². The van der Waals surface area contributed by atoms with Gasteiger partial charge < -0.3 is 4.74 Å². The van der Waals surface area contributed by atoms with Crippen LogP contribution in [0.25, 0.3) is 0 Å². The third-order valence-electron chi connectivity index (χ3n) is 2.85. The van der Waals surface area contributed by atoms with Gasteiger partial charge in [-0.2, -0.15) is 0 Å². The van der Waals surface area contributed by atoms with E-state index in [2.05, 4.69) is 25.7 Å².